The molecule has 1 spiro atoms. The first-order chi connectivity index (χ1) is 32.0. The highest BCUT2D eigenvalue weighted by molar-refractivity contribution is 6.11. The van der Waals surface area contributed by atoms with E-state index in [4.69, 9.17) is 4.74 Å². The van der Waals surface area contributed by atoms with Gasteiger partial charge in [-0.05, 0) is 110 Å². The van der Waals surface area contributed by atoms with E-state index in [1.54, 1.807) is 0 Å². The van der Waals surface area contributed by atoms with Crippen molar-refractivity contribution in [2.75, 3.05) is 4.90 Å². The van der Waals surface area contributed by atoms with E-state index in [1.807, 2.05) is 0 Å². The van der Waals surface area contributed by atoms with Crippen molar-refractivity contribution in [1.29, 1.82) is 0 Å². The molecule has 1 aliphatic heterocycles. The molecule has 65 heavy (non-hydrogen) atoms. The first-order valence-corrected chi connectivity index (χ1v) is 22.7. The molecule has 0 saturated carbocycles. The summed E-state index contributed by atoms with van der Waals surface area (Å²) in [5.74, 6) is 1.73. The molecule has 1 atom stereocenters. The SMILES string of the molecule is CC1(C)c2ccccc2-c2cc(-n3c4ccccc4c4ccc(N(c5ccccc5)c5ccc6c(c5)Oc5ccccc5C65c6ccccc6-c6cccc7cccc5c67)cc43)ccc21. The number of benzene rings is 10. The van der Waals surface area contributed by atoms with Crippen LogP contribution in [0, 0.1) is 0 Å². The Morgan fingerprint density at radius 2 is 0.985 bits per heavy atom. The maximum atomic E-state index is 7.10. The highest BCUT2D eigenvalue weighted by Crippen LogP contribution is 2.62. The summed E-state index contributed by atoms with van der Waals surface area (Å²) in [6, 6.07) is 80.6. The van der Waals surface area contributed by atoms with Crippen LogP contribution in [-0.4, -0.2) is 4.57 Å². The van der Waals surface area contributed by atoms with Crippen LogP contribution in [0.15, 0.2) is 218 Å². The fourth-order valence-electron chi connectivity index (χ4n) is 12.1. The molecule has 2 aliphatic carbocycles. The van der Waals surface area contributed by atoms with Gasteiger partial charge in [-0.3, -0.25) is 0 Å². The Bertz CT molecular complexity index is 3800. The molecular formula is C62H42N2O. The van der Waals surface area contributed by atoms with Crippen molar-refractivity contribution in [2.24, 2.45) is 0 Å². The van der Waals surface area contributed by atoms with Crippen molar-refractivity contribution in [3.05, 3.63) is 252 Å². The molecule has 3 heteroatoms. The second-order valence-electron chi connectivity index (χ2n) is 18.4. The van der Waals surface area contributed by atoms with Gasteiger partial charge in [-0.25, -0.2) is 0 Å². The van der Waals surface area contributed by atoms with Gasteiger partial charge in [-0.15, -0.1) is 0 Å². The number of nitrogens with zero attached hydrogens (tertiary/aromatic N) is 2. The van der Waals surface area contributed by atoms with Crippen molar-refractivity contribution >= 4 is 49.6 Å². The van der Waals surface area contributed by atoms with Crippen LogP contribution in [-0.2, 0) is 10.8 Å². The van der Waals surface area contributed by atoms with Crippen molar-refractivity contribution in [2.45, 2.75) is 24.7 Å². The third-order valence-electron chi connectivity index (χ3n) is 14.8. The van der Waals surface area contributed by atoms with Gasteiger partial charge in [0.2, 0.25) is 0 Å². The van der Waals surface area contributed by atoms with Crippen molar-refractivity contribution in [1.82, 2.24) is 4.57 Å². The molecule has 1 unspecified atom stereocenters. The van der Waals surface area contributed by atoms with E-state index in [0.717, 1.165) is 50.9 Å². The van der Waals surface area contributed by atoms with Crippen LogP contribution < -0.4 is 9.64 Å². The Labute approximate surface area is 378 Å². The number of hydrogen-bond donors (Lipinski definition) is 0. The first-order valence-electron chi connectivity index (χ1n) is 22.7. The largest absolute Gasteiger partial charge is 0.457 e. The molecule has 14 rings (SSSR count). The predicted octanol–water partition coefficient (Wildman–Crippen LogP) is 16.2. The van der Waals surface area contributed by atoms with E-state index in [1.165, 1.54) is 71.6 Å². The Morgan fingerprint density at radius 3 is 1.85 bits per heavy atom. The second kappa shape index (κ2) is 13.2. The zero-order valence-corrected chi connectivity index (χ0v) is 36.1. The number of fused-ring (bicyclic) bond motifs is 14. The molecule has 3 aliphatic rings. The zero-order chi connectivity index (χ0) is 43.0. The van der Waals surface area contributed by atoms with Crippen molar-refractivity contribution in [3.8, 4) is 39.4 Å². The van der Waals surface area contributed by atoms with Crippen LogP contribution in [0.25, 0.3) is 60.5 Å². The fraction of sp³-hybridized carbons (Fsp3) is 0.0645. The quantitative estimate of drug-likeness (QED) is 0.176. The predicted molar refractivity (Wildman–Crippen MR) is 268 cm³/mol. The fourth-order valence-corrected chi connectivity index (χ4v) is 12.1. The molecular weight excluding hydrogens is 789 g/mol. The summed E-state index contributed by atoms with van der Waals surface area (Å²) >= 11 is 0. The van der Waals surface area contributed by atoms with E-state index in [-0.39, 0.29) is 5.41 Å². The molecule has 11 aromatic rings. The normalized spacial score (nSPS) is 15.8. The minimum Gasteiger partial charge on any atom is -0.457 e. The molecule has 0 N–H and O–H groups in total. The maximum Gasteiger partial charge on any atom is 0.134 e. The molecule has 0 amide bonds. The molecule has 2 heterocycles. The second-order valence-corrected chi connectivity index (χ2v) is 18.4. The van der Waals surface area contributed by atoms with Crippen molar-refractivity contribution < 1.29 is 4.74 Å². The van der Waals surface area contributed by atoms with Gasteiger partial charge in [-0.1, -0.05) is 172 Å². The number of para-hydroxylation sites is 3. The number of aromatic nitrogens is 1. The summed E-state index contributed by atoms with van der Waals surface area (Å²) in [5, 5.41) is 4.99. The van der Waals surface area contributed by atoms with Crippen molar-refractivity contribution in [3.63, 3.8) is 0 Å². The monoisotopic (exact) mass is 830 g/mol. The molecule has 0 saturated heterocycles. The molecule has 0 radical (unpaired) electrons. The Hall–Kier alpha value is -8.14. The van der Waals surface area contributed by atoms with Crippen LogP contribution in [0.2, 0.25) is 0 Å². The standard InChI is InChI=1S/C62H42N2O/c1-61(2)50-24-9-6-21-45(50)49-36-41(31-34-51(49)61)64-56-28-12-8-22-46(56)47-33-30-42(37-57(47)64)63(40-18-4-3-5-19-40)43-32-35-54-59(38-43)65-58-29-13-11-26-53(58)62(54)52-25-10-7-20-44(52)48-23-14-16-39-17-15-27-55(62)60(39)48/h3-38H,1-2H3. The van der Waals surface area contributed by atoms with E-state index in [0.29, 0.717) is 0 Å². The van der Waals surface area contributed by atoms with Gasteiger partial charge in [-0.2, -0.15) is 0 Å². The number of rotatable bonds is 4. The average Bonchev–Trinajstić information content (AvgIpc) is 3.80. The van der Waals surface area contributed by atoms with Crippen LogP contribution in [0.5, 0.6) is 11.5 Å². The lowest BCUT2D eigenvalue weighted by atomic mass is 9.58. The highest BCUT2D eigenvalue weighted by atomic mass is 16.5. The minimum atomic E-state index is -0.601. The van der Waals surface area contributed by atoms with Crippen LogP contribution in [0.3, 0.4) is 0 Å². The topological polar surface area (TPSA) is 17.4 Å². The van der Waals surface area contributed by atoms with E-state index < -0.39 is 5.41 Å². The number of anilines is 3. The van der Waals surface area contributed by atoms with Gasteiger partial charge in [0.15, 0.2) is 0 Å². The maximum absolute atomic E-state index is 7.10. The molecule has 10 aromatic carbocycles. The third kappa shape index (κ3) is 4.85. The van der Waals surface area contributed by atoms with Gasteiger partial charge >= 0.3 is 0 Å². The van der Waals surface area contributed by atoms with E-state index in [9.17, 15) is 0 Å². The molecule has 0 bridgehead atoms. The van der Waals surface area contributed by atoms with Gasteiger partial charge in [0.05, 0.1) is 16.4 Å². The summed E-state index contributed by atoms with van der Waals surface area (Å²) in [7, 11) is 0. The first kappa shape index (κ1) is 36.4. The average molecular weight is 831 g/mol. The Morgan fingerprint density at radius 1 is 0.385 bits per heavy atom. The molecule has 306 valence electrons. The number of ether oxygens (including phenoxy) is 1. The van der Waals surface area contributed by atoms with E-state index >= 15 is 0 Å². The minimum absolute atomic E-state index is 0.0624. The third-order valence-corrected chi connectivity index (χ3v) is 14.8. The van der Waals surface area contributed by atoms with Gasteiger partial charge in [0.1, 0.15) is 11.5 Å². The summed E-state index contributed by atoms with van der Waals surface area (Å²) in [6.45, 7) is 4.69. The van der Waals surface area contributed by atoms with Crippen LogP contribution in [0.4, 0.5) is 17.1 Å². The Balaban J connectivity index is 0.992. The summed E-state index contributed by atoms with van der Waals surface area (Å²) in [4.78, 5) is 2.38. The number of hydrogen-bond acceptors (Lipinski definition) is 2. The van der Waals surface area contributed by atoms with Crippen LogP contribution in [0.1, 0.15) is 47.2 Å². The van der Waals surface area contributed by atoms with Crippen LogP contribution >= 0.6 is 0 Å². The Kier molecular flexibility index (Phi) is 7.38. The smallest absolute Gasteiger partial charge is 0.134 e. The summed E-state index contributed by atoms with van der Waals surface area (Å²) in [6.07, 6.45) is 0. The summed E-state index contributed by atoms with van der Waals surface area (Å²) in [5.41, 5.74) is 18.8. The van der Waals surface area contributed by atoms with E-state index in [2.05, 4.69) is 242 Å². The van der Waals surface area contributed by atoms with Gasteiger partial charge in [0, 0.05) is 56.1 Å². The van der Waals surface area contributed by atoms with Gasteiger partial charge in [0.25, 0.3) is 0 Å². The molecule has 1 aromatic heterocycles. The molecule has 3 nitrogen and oxygen atoms in total. The zero-order valence-electron chi connectivity index (χ0n) is 36.1. The summed E-state index contributed by atoms with van der Waals surface area (Å²) < 4.78 is 9.56. The molecule has 0 fully saturated rings. The lowest BCUT2D eigenvalue weighted by molar-refractivity contribution is 0.435. The lowest BCUT2D eigenvalue weighted by Gasteiger charge is -2.45. The lowest BCUT2D eigenvalue weighted by Crippen LogP contribution is -2.36. The highest BCUT2D eigenvalue weighted by Gasteiger charge is 2.49. The van der Waals surface area contributed by atoms with Gasteiger partial charge < -0.3 is 14.2 Å².